The van der Waals surface area contributed by atoms with Crippen LogP contribution in [0.15, 0.2) is 24.3 Å². The van der Waals surface area contributed by atoms with E-state index in [9.17, 15) is 9.90 Å². The number of nitrogens with one attached hydrogen (secondary N) is 1. The molecule has 1 aromatic carbocycles. The monoisotopic (exact) mass is 265 g/mol. The largest absolute Gasteiger partial charge is 0.480 e. The molecule has 0 aromatic heterocycles. The lowest BCUT2D eigenvalue weighted by Gasteiger charge is -2.27. The van der Waals surface area contributed by atoms with Gasteiger partial charge >= 0.3 is 5.97 Å². The number of aryl methyl sites for hydroxylation is 1. The average molecular weight is 265 g/mol. The van der Waals surface area contributed by atoms with Crippen LogP contribution in [0.3, 0.4) is 0 Å². The highest BCUT2D eigenvalue weighted by Crippen LogP contribution is 2.22. The highest BCUT2D eigenvalue weighted by Gasteiger charge is 2.24. The highest BCUT2D eigenvalue weighted by molar-refractivity contribution is 5.69. The number of aliphatic hydroxyl groups excluding tert-OH is 1. The quantitative estimate of drug-likeness (QED) is 0.705. The van der Waals surface area contributed by atoms with E-state index in [4.69, 9.17) is 5.11 Å². The average Bonchev–Trinajstić information content (AvgIpc) is 2.38. The van der Waals surface area contributed by atoms with Crippen molar-refractivity contribution in [2.45, 2.75) is 39.3 Å². The Bertz CT molecular complexity index is 400. The summed E-state index contributed by atoms with van der Waals surface area (Å²) in [6.07, 6.45) is 0.256. The van der Waals surface area contributed by atoms with Crippen molar-refractivity contribution in [2.24, 2.45) is 5.92 Å². The van der Waals surface area contributed by atoms with E-state index in [1.165, 1.54) is 5.56 Å². The van der Waals surface area contributed by atoms with Crippen LogP contribution in [0.25, 0.3) is 0 Å². The molecule has 2 atom stereocenters. The van der Waals surface area contributed by atoms with Gasteiger partial charge in [-0.3, -0.25) is 4.79 Å². The fourth-order valence-electron chi connectivity index (χ4n) is 2.07. The molecular formula is C15H23NO3. The van der Waals surface area contributed by atoms with Crippen LogP contribution in [0.2, 0.25) is 0 Å². The lowest BCUT2D eigenvalue weighted by Crippen LogP contribution is -2.41. The minimum absolute atomic E-state index is 0.139. The van der Waals surface area contributed by atoms with E-state index in [-0.39, 0.29) is 18.5 Å². The molecule has 4 nitrogen and oxygen atoms in total. The molecule has 0 saturated heterocycles. The van der Waals surface area contributed by atoms with E-state index in [1.54, 1.807) is 0 Å². The number of rotatable bonds is 7. The second-order valence-electron chi connectivity index (χ2n) is 5.08. The number of carboxylic acids is 1. The summed E-state index contributed by atoms with van der Waals surface area (Å²) in [6.45, 7) is 5.86. The Morgan fingerprint density at radius 2 is 1.84 bits per heavy atom. The van der Waals surface area contributed by atoms with Gasteiger partial charge in [0.25, 0.3) is 0 Å². The molecule has 1 aromatic rings. The summed E-state index contributed by atoms with van der Waals surface area (Å²) in [5.74, 6) is -0.778. The first-order chi connectivity index (χ1) is 8.95. The number of hydrogen-bond donors (Lipinski definition) is 3. The van der Waals surface area contributed by atoms with Crippen molar-refractivity contribution in [3.8, 4) is 0 Å². The van der Waals surface area contributed by atoms with E-state index in [0.717, 1.165) is 12.0 Å². The molecule has 0 fully saturated rings. The molecule has 2 unspecified atom stereocenters. The Morgan fingerprint density at radius 1 is 1.26 bits per heavy atom. The minimum atomic E-state index is -0.917. The number of carbonyl (C=O) groups is 1. The fraction of sp³-hybridized carbons (Fsp3) is 0.533. The van der Waals surface area contributed by atoms with Crippen LogP contribution in [-0.2, 0) is 11.2 Å². The fourth-order valence-corrected chi connectivity index (χ4v) is 2.07. The van der Waals surface area contributed by atoms with E-state index < -0.39 is 12.1 Å². The van der Waals surface area contributed by atoms with Gasteiger partial charge in [0.05, 0.1) is 12.6 Å². The first-order valence-electron chi connectivity index (χ1n) is 6.67. The second-order valence-corrected chi connectivity index (χ2v) is 5.08. The molecule has 0 amide bonds. The van der Waals surface area contributed by atoms with Crippen molar-refractivity contribution in [1.82, 2.24) is 5.32 Å². The third kappa shape index (κ3) is 4.65. The zero-order chi connectivity index (χ0) is 14.4. The summed E-state index contributed by atoms with van der Waals surface area (Å²) in [5, 5.41) is 22.0. The molecule has 3 N–H and O–H groups in total. The number of carboxylic acid groups (broad SMARTS) is 1. The number of aliphatic hydroxyl groups is 1. The van der Waals surface area contributed by atoms with E-state index >= 15 is 0 Å². The van der Waals surface area contributed by atoms with Gasteiger partial charge in [0.15, 0.2) is 0 Å². The summed E-state index contributed by atoms with van der Waals surface area (Å²) >= 11 is 0. The van der Waals surface area contributed by atoms with Crippen molar-refractivity contribution in [3.05, 3.63) is 35.4 Å². The molecule has 0 spiro atoms. The van der Waals surface area contributed by atoms with Gasteiger partial charge in [-0.15, -0.1) is 0 Å². The number of benzene rings is 1. The lowest BCUT2D eigenvalue weighted by atomic mass is 9.92. The zero-order valence-corrected chi connectivity index (χ0v) is 11.8. The standard InChI is InChI=1S/C15H23NO3/c1-4-11-5-7-12(8-6-11)15(19)14(10(2)3)16-9-13(17)18/h5-8,10,14-16,19H,4,9H2,1-3H3,(H,17,18). The zero-order valence-electron chi connectivity index (χ0n) is 11.8. The van der Waals surface area contributed by atoms with Crippen molar-refractivity contribution < 1.29 is 15.0 Å². The van der Waals surface area contributed by atoms with Crippen LogP contribution in [0.5, 0.6) is 0 Å². The summed E-state index contributed by atoms with van der Waals surface area (Å²) < 4.78 is 0. The Balaban J connectivity index is 2.79. The van der Waals surface area contributed by atoms with Gasteiger partial charge in [-0.05, 0) is 23.5 Å². The third-order valence-electron chi connectivity index (χ3n) is 3.28. The minimum Gasteiger partial charge on any atom is -0.480 e. The van der Waals surface area contributed by atoms with Crippen molar-refractivity contribution in [1.29, 1.82) is 0 Å². The summed E-state index contributed by atoms with van der Waals surface area (Å²) in [7, 11) is 0. The Kier molecular flexibility index (Phi) is 5.99. The highest BCUT2D eigenvalue weighted by atomic mass is 16.4. The summed E-state index contributed by atoms with van der Waals surface area (Å²) in [6, 6.07) is 7.52. The SMILES string of the molecule is CCc1ccc(C(O)C(NCC(=O)O)C(C)C)cc1. The van der Waals surface area contributed by atoms with Crippen molar-refractivity contribution in [3.63, 3.8) is 0 Å². The number of aliphatic carboxylic acids is 1. The van der Waals surface area contributed by atoms with Crippen LogP contribution in [0, 0.1) is 5.92 Å². The van der Waals surface area contributed by atoms with Crippen molar-refractivity contribution >= 4 is 5.97 Å². The maximum absolute atomic E-state index is 10.6. The molecule has 0 aliphatic rings. The predicted octanol–water partition coefficient (Wildman–Crippen LogP) is 1.98. The molecule has 19 heavy (non-hydrogen) atoms. The normalized spacial score (nSPS) is 14.4. The third-order valence-corrected chi connectivity index (χ3v) is 3.28. The molecule has 0 radical (unpaired) electrons. The molecule has 4 heteroatoms. The summed E-state index contributed by atoms with van der Waals surface area (Å²) in [4.78, 5) is 10.6. The van der Waals surface area contributed by atoms with Gasteiger partial charge in [-0.2, -0.15) is 0 Å². The van der Waals surface area contributed by atoms with Gasteiger partial charge in [0, 0.05) is 6.04 Å². The van der Waals surface area contributed by atoms with Crippen LogP contribution in [0.1, 0.15) is 38.0 Å². The first-order valence-corrected chi connectivity index (χ1v) is 6.67. The van der Waals surface area contributed by atoms with Crippen molar-refractivity contribution in [2.75, 3.05) is 6.54 Å². The molecule has 106 valence electrons. The Morgan fingerprint density at radius 3 is 2.26 bits per heavy atom. The van der Waals surface area contributed by atoms with Crippen LogP contribution in [0.4, 0.5) is 0 Å². The second kappa shape index (κ2) is 7.26. The van der Waals surface area contributed by atoms with Gasteiger partial charge in [-0.25, -0.2) is 0 Å². The Hall–Kier alpha value is -1.39. The van der Waals surface area contributed by atoms with E-state index in [0.29, 0.717) is 0 Å². The number of hydrogen-bond acceptors (Lipinski definition) is 3. The molecule has 0 bridgehead atoms. The van der Waals surface area contributed by atoms with Crippen LogP contribution >= 0.6 is 0 Å². The van der Waals surface area contributed by atoms with Crippen LogP contribution in [-0.4, -0.2) is 28.8 Å². The topological polar surface area (TPSA) is 69.6 Å². The molecule has 0 saturated carbocycles. The predicted molar refractivity (Wildman–Crippen MR) is 75.0 cm³/mol. The molecular weight excluding hydrogens is 242 g/mol. The maximum atomic E-state index is 10.6. The first kappa shape index (κ1) is 15.7. The Labute approximate surface area is 114 Å². The molecule has 0 heterocycles. The molecule has 1 rings (SSSR count). The van der Waals surface area contributed by atoms with Gasteiger partial charge in [-0.1, -0.05) is 45.0 Å². The maximum Gasteiger partial charge on any atom is 0.317 e. The smallest absolute Gasteiger partial charge is 0.317 e. The van der Waals surface area contributed by atoms with Gasteiger partial charge in [0.1, 0.15) is 0 Å². The molecule has 0 aliphatic heterocycles. The molecule has 0 aliphatic carbocycles. The summed E-state index contributed by atoms with van der Waals surface area (Å²) in [5.41, 5.74) is 2.03. The lowest BCUT2D eigenvalue weighted by molar-refractivity contribution is -0.136. The van der Waals surface area contributed by atoms with Gasteiger partial charge < -0.3 is 15.5 Å². The van der Waals surface area contributed by atoms with E-state index in [2.05, 4.69) is 12.2 Å². The van der Waals surface area contributed by atoms with Crippen LogP contribution < -0.4 is 5.32 Å². The van der Waals surface area contributed by atoms with Gasteiger partial charge in [0.2, 0.25) is 0 Å². The van der Waals surface area contributed by atoms with E-state index in [1.807, 2.05) is 38.1 Å².